The number of carbonyl (C=O) groups excluding carboxylic acids is 8. The lowest BCUT2D eigenvalue weighted by Gasteiger charge is -2.32. The summed E-state index contributed by atoms with van der Waals surface area (Å²) in [6.07, 6.45) is 3.14. The zero-order chi connectivity index (χ0) is 58.3. The number of hydrogen-bond acceptors (Lipinski definition) is 14. The first-order valence-corrected chi connectivity index (χ1v) is 26.6. The summed E-state index contributed by atoms with van der Waals surface area (Å²) in [7, 11) is 0. The predicted octanol–water partition coefficient (Wildman–Crippen LogP) is -1.22. The highest BCUT2D eigenvalue weighted by molar-refractivity contribution is 6.01. The van der Waals surface area contributed by atoms with E-state index in [-0.39, 0.29) is 51.6 Å². The maximum atomic E-state index is 14.4. The highest BCUT2D eigenvalue weighted by Crippen LogP contribution is 2.20. The molecule has 0 radical (unpaired) electrons. The summed E-state index contributed by atoms with van der Waals surface area (Å²) in [6, 6.07) is 7.05. The van der Waals surface area contributed by atoms with Crippen LogP contribution in [0.3, 0.4) is 0 Å². The van der Waals surface area contributed by atoms with E-state index in [2.05, 4.69) is 47.2 Å². The molecule has 25 heteroatoms. The SMILES string of the molecule is CC[C@H](C)[C@H](NC(=O)[C@H](CNC(=O)[C@H](CCCCN)NC(=O)[C@H](Cc1ccccc1)NC(=O)[C@H](Cc1ccccc1)NC(=O)[C@@H](N)Cc1cnc[nH]1)C(=O)O)C(=O)N[C@H](C(=O)N[C@H](C(=O)N1CCC[C@H]1C(=O)O)[C@@H](C)O)C(C)C. The average Bonchev–Trinajstić information content (AvgIpc) is 4.14. The molecule has 4 rings (SSSR count). The largest absolute Gasteiger partial charge is 0.481 e. The number of aromatic nitrogens is 2. The predicted molar refractivity (Wildman–Crippen MR) is 288 cm³/mol. The number of benzene rings is 2. The number of imidazole rings is 1. The van der Waals surface area contributed by atoms with Gasteiger partial charge in [-0.3, -0.25) is 43.2 Å². The Hall–Kier alpha value is -7.77. The first kappa shape index (κ1) is 63.8. The van der Waals surface area contributed by atoms with E-state index in [1.165, 1.54) is 19.4 Å². The second-order valence-electron chi connectivity index (χ2n) is 20.2. The summed E-state index contributed by atoms with van der Waals surface area (Å²) >= 11 is 0. The molecule has 2 aromatic carbocycles. The van der Waals surface area contributed by atoms with Crippen LogP contribution in [-0.2, 0) is 67.2 Å². The number of unbranched alkanes of at least 4 members (excludes halogenated alkanes) is 1. The molecule has 1 aromatic heterocycles. The smallest absolute Gasteiger partial charge is 0.326 e. The van der Waals surface area contributed by atoms with Gasteiger partial charge in [-0.15, -0.1) is 0 Å². The van der Waals surface area contributed by atoms with E-state index in [1.54, 1.807) is 88.4 Å². The molecule has 11 atom stereocenters. The number of aromatic amines is 1. The Morgan fingerprint density at radius 1 is 0.684 bits per heavy atom. The summed E-state index contributed by atoms with van der Waals surface area (Å²) in [5.74, 6) is -13.0. The second-order valence-corrected chi connectivity index (χ2v) is 20.2. The van der Waals surface area contributed by atoms with Crippen LogP contribution < -0.4 is 48.7 Å². The number of rotatable bonds is 32. The second kappa shape index (κ2) is 31.6. The van der Waals surface area contributed by atoms with Gasteiger partial charge in [0.05, 0.1) is 18.5 Å². The molecule has 432 valence electrons. The Kier molecular flexibility index (Phi) is 25.5. The topological polar surface area (TPSA) is 400 Å². The molecule has 1 saturated heterocycles. The monoisotopic (exact) mass is 1100 g/mol. The zero-order valence-corrected chi connectivity index (χ0v) is 45.3. The van der Waals surface area contributed by atoms with Gasteiger partial charge in [0, 0.05) is 44.2 Å². The highest BCUT2D eigenvalue weighted by Gasteiger charge is 2.42. The summed E-state index contributed by atoms with van der Waals surface area (Å²) in [5.41, 5.74) is 13.9. The number of carbonyl (C=O) groups is 10. The quantitative estimate of drug-likeness (QED) is 0.0257. The molecule has 1 aliphatic heterocycles. The average molecular weight is 1100 g/mol. The minimum absolute atomic E-state index is 0.000289. The molecule has 1 fully saturated rings. The maximum absolute atomic E-state index is 14.4. The van der Waals surface area contributed by atoms with Gasteiger partial charge in [-0.1, -0.05) is 94.8 Å². The number of nitrogens with one attached hydrogen (secondary N) is 8. The van der Waals surface area contributed by atoms with Gasteiger partial charge in [-0.2, -0.15) is 0 Å². The van der Waals surface area contributed by atoms with Crippen molar-refractivity contribution in [2.24, 2.45) is 29.2 Å². The lowest BCUT2D eigenvalue weighted by atomic mass is 9.95. The van der Waals surface area contributed by atoms with Crippen molar-refractivity contribution >= 4 is 59.2 Å². The number of carboxylic acids is 2. The maximum Gasteiger partial charge on any atom is 0.326 e. The van der Waals surface area contributed by atoms with Crippen molar-refractivity contribution in [3.8, 4) is 0 Å². The van der Waals surface area contributed by atoms with E-state index in [0.29, 0.717) is 36.1 Å². The molecule has 0 bridgehead atoms. The van der Waals surface area contributed by atoms with Gasteiger partial charge in [0.25, 0.3) is 0 Å². The van der Waals surface area contributed by atoms with Crippen molar-refractivity contribution in [2.75, 3.05) is 19.6 Å². The fourth-order valence-corrected chi connectivity index (χ4v) is 8.88. The fraction of sp³-hybridized carbons (Fsp3) is 0.537. The van der Waals surface area contributed by atoms with Crippen molar-refractivity contribution in [1.29, 1.82) is 0 Å². The Labute approximate surface area is 458 Å². The fourth-order valence-electron chi connectivity index (χ4n) is 8.88. The molecule has 0 unspecified atom stereocenters. The number of amides is 8. The minimum Gasteiger partial charge on any atom is -0.481 e. The van der Waals surface area contributed by atoms with Crippen LogP contribution >= 0.6 is 0 Å². The summed E-state index contributed by atoms with van der Waals surface area (Å²) in [6.45, 7) is 7.24. The van der Waals surface area contributed by atoms with Crippen molar-refractivity contribution in [1.82, 2.24) is 52.1 Å². The van der Waals surface area contributed by atoms with E-state index in [4.69, 9.17) is 11.5 Å². The van der Waals surface area contributed by atoms with Gasteiger partial charge in [0.1, 0.15) is 42.3 Å². The molecular formula is C54H78N12O13. The van der Waals surface area contributed by atoms with E-state index in [0.717, 1.165) is 4.90 Å². The number of aliphatic hydroxyl groups excluding tert-OH is 1. The van der Waals surface area contributed by atoms with E-state index < -0.39 is 138 Å². The Bertz CT molecular complexity index is 2520. The number of nitrogens with zero attached hydrogens (tertiary/aromatic N) is 2. The van der Waals surface area contributed by atoms with Crippen LogP contribution in [0.15, 0.2) is 73.2 Å². The van der Waals surface area contributed by atoms with Gasteiger partial charge in [0.2, 0.25) is 47.3 Å². The molecule has 1 aliphatic rings. The Morgan fingerprint density at radius 2 is 1.23 bits per heavy atom. The van der Waals surface area contributed by atoms with E-state index >= 15 is 0 Å². The molecule has 2 heterocycles. The van der Waals surface area contributed by atoms with Gasteiger partial charge in [0.15, 0.2) is 5.92 Å². The minimum atomic E-state index is -1.99. The molecule has 8 amide bonds. The van der Waals surface area contributed by atoms with Crippen molar-refractivity contribution in [3.63, 3.8) is 0 Å². The van der Waals surface area contributed by atoms with Crippen LogP contribution in [0.2, 0.25) is 0 Å². The third kappa shape index (κ3) is 19.6. The zero-order valence-electron chi connectivity index (χ0n) is 45.3. The molecule has 25 nitrogen and oxygen atoms in total. The van der Waals surface area contributed by atoms with Gasteiger partial charge < -0.3 is 73.9 Å². The molecular weight excluding hydrogens is 1020 g/mol. The third-order valence-electron chi connectivity index (χ3n) is 13.7. The molecule has 0 saturated carbocycles. The van der Waals surface area contributed by atoms with Crippen LogP contribution in [0.25, 0.3) is 0 Å². The first-order chi connectivity index (χ1) is 37.6. The molecule has 0 spiro atoms. The van der Waals surface area contributed by atoms with Crippen molar-refractivity contribution in [3.05, 3.63) is 90.0 Å². The number of aliphatic carboxylic acids is 2. The molecule has 15 N–H and O–H groups in total. The van der Waals surface area contributed by atoms with Gasteiger partial charge >= 0.3 is 11.9 Å². The van der Waals surface area contributed by atoms with Crippen LogP contribution in [0.5, 0.6) is 0 Å². The third-order valence-corrected chi connectivity index (χ3v) is 13.7. The van der Waals surface area contributed by atoms with Gasteiger partial charge in [-0.25, -0.2) is 9.78 Å². The first-order valence-electron chi connectivity index (χ1n) is 26.6. The van der Waals surface area contributed by atoms with Crippen molar-refractivity contribution in [2.45, 2.75) is 147 Å². The lowest BCUT2D eigenvalue weighted by Crippen LogP contribution is -2.62. The highest BCUT2D eigenvalue weighted by atomic mass is 16.4. The summed E-state index contributed by atoms with van der Waals surface area (Å²) in [5, 5.41) is 48.6. The number of hydrogen-bond donors (Lipinski definition) is 13. The van der Waals surface area contributed by atoms with Crippen LogP contribution in [-0.4, -0.2) is 163 Å². The summed E-state index contributed by atoms with van der Waals surface area (Å²) < 4.78 is 0. The van der Waals surface area contributed by atoms with E-state index in [9.17, 15) is 63.3 Å². The summed E-state index contributed by atoms with van der Waals surface area (Å²) in [4.78, 5) is 144. The Balaban J connectivity index is 1.51. The number of aliphatic hydroxyl groups is 1. The van der Waals surface area contributed by atoms with Crippen LogP contribution in [0.4, 0.5) is 0 Å². The Morgan fingerprint density at radius 3 is 1.73 bits per heavy atom. The number of nitrogens with two attached hydrogens (primary N) is 2. The normalized spacial score (nSPS) is 17.0. The standard InChI is InChI=1S/C54H78N12O13/c1-6-31(4)43(51(74)63-42(30(2)3)50(73)65-44(32(5)67)52(75)66-23-15-21-41(66)54(78)79)64-45(68)36(53(76)77)28-58-47(70)38(20-13-14-22-55)60-48(71)40(25-34-18-11-8-12-19-34)62-49(72)39(24-33-16-9-7-10-17-33)61-46(69)37(56)26-35-27-57-29-59-35/h7-12,16-19,27,29-32,36-44,67H,6,13-15,20-26,28,55-56H2,1-5H3,(H,57,59)(H,58,70)(H,60,71)(H,61,69)(H,62,72)(H,63,74)(H,64,68)(H,65,73)(H,76,77)(H,78,79)/t31-,32+,36-,37-,38-,39-,40-,41-,42-,43-,44-/m0/s1. The van der Waals surface area contributed by atoms with Gasteiger partial charge in [-0.05, 0) is 68.5 Å². The number of likely N-dealkylation sites (tertiary alicyclic amines) is 1. The molecule has 0 aliphatic carbocycles. The van der Waals surface area contributed by atoms with E-state index in [1.807, 2.05) is 0 Å². The molecule has 79 heavy (non-hydrogen) atoms. The van der Waals surface area contributed by atoms with Crippen LogP contribution in [0.1, 0.15) is 90.0 Å². The number of carboxylic acid groups (broad SMARTS) is 2. The lowest BCUT2D eigenvalue weighted by molar-refractivity contribution is -0.151. The van der Waals surface area contributed by atoms with Crippen LogP contribution in [0, 0.1) is 17.8 Å². The van der Waals surface area contributed by atoms with Crippen molar-refractivity contribution < 1.29 is 63.3 Å². The molecule has 3 aromatic rings. The number of H-pyrrole nitrogens is 1.